The second kappa shape index (κ2) is 5.12. The van der Waals surface area contributed by atoms with Gasteiger partial charge in [-0.2, -0.15) is 0 Å². The molecule has 24 heavy (non-hydrogen) atoms. The number of aromatic nitrogens is 1. The van der Waals surface area contributed by atoms with Gasteiger partial charge in [-0.15, -0.1) is 0 Å². The first-order valence-corrected chi connectivity index (χ1v) is 8.87. The molecule has 122 valence electrons. The van der Waals surface area contributed by atoms with Crippen LogP contribution in [0.25, 0.3) is 10.9 Å². The van der Waals surface area contributed by atoms with Gasteiger partial charge in [0.15, 0.2) is 0 Å². The van der Waals surface area contributed by atoms with Gasteiger partial charge < -0.3 is 14.4 Å². The fraction of sp³-hybridized carbons (Fsp3) is 0.333. The van der Waals surface area contributed by atoms with Crippen LogP contribution in [0.5, 0.6) is 0 Å². The predicted octanol–water partition coefficient (Wildman–Crippen LogP) is 3.80. The minimum absolute atomic E-state index is 0.979. The van der Waals surface area contributed by atoms with E-state index in [0.717, 1.165) is 32.5 Å². The van der Waals surface area contributed by atoms with Gasteiger partial charge in [0, 0.05) is 49.9 Å². The maximum Gasteiger partial charge on any atom is 0.0729 e. The van der Waals surface area contributed by atoms with Gasteiger partial charge in [0.2, 0.25) is 0 Å². The van der Waals surface area contributed by atoms with Crippen LogP contribution < -0.4 is 4.90 Å². The third-order valence-corrected chi connectivity index (χ3v) is 5.80. The molecule has 0 N–H and O–H groups in total. The standard InChI is InChI=1S/C21H23N3/c1-22-12-10-16-17-7-5-9-20-21(17)24(19(16)11-13-22)14-15-6-3-4-8-18(15)23(20)2/h3-9H,10-14H2,1-2H3. The van der Waals surface area contributed by atoms with Crippen LogP contribution in [0.3, 0.4) is 0 Å². The Hall–Kier alpha value is -2.26. The van der Waals surface area contributed by atoms with Crippen molar-refractivity contribution in [3.8, 4) is 0 Å². The second-order valence-corrected chi connectivity index (χ2v) is 7.18. The molecule has 0 radical (unpaired) electrons. The molecule has 2 aromatic carbocycles. The van der Waals surface area contributed by atoms with Crippen molar-refractivity contribution < 1.29 is 0 Å². The topological polar surface area (TPSA) is 11.4 Å². The van der Waals surface area contributed by atoms with Crippen molar-refractivity contribution in [2.24, 2.45) is 0 Å². The monoisotopic (exact) mass is 317 g/mol. The fourth-order valence-corrected chi connectivity index (χ4v) is 4.50. The molecule has 0 saturated heterocycles. The number of likely N-dealkylation sites (N-methyl/N-ethyl adjacent to an activating group) is 1. The summed E-state index contributed by atoms with van der Waals surface area (Å²) in [5.41, 5.74) is 8.61. The Balaban J connectivity index is 1.83. The molecule has 3 aromatic rings. The summed E-state index contributed by atoms with van der Waals surface area (Å²) in [6.07, 6.45) is 2.30. The molecule has 0 fully saturated rings. The Morgan fingerprint density at radius 1 is 0.833 bits per heavy atom. The van der Waals surface area contributed by atoms with Crippen LogP contribution in [0.2, 0.25) is 0 Å². The van der Waals surface area contributed by atoms with E-state index in [1.165, 1.54) is 27.8 Å². The van der Waals surface area contributed by atoms with Gasteiger partial charge in [0.25, 0.3) is 0 Å². The second-order valence-electron chi connectivity index (χ2n) is 7.18. The Labute approximate surface area is 143 Å². The van der Waals surface area contributed by atoms with Gasteiger partial charge in [-0.1, -0.05) is 30.3 Å². The maximum atomic E-state index is 2.60. The summed E-state index contributed by atoms with van der Waals surface area (Å²) in [7, 11) is 4.44. The largest absolute Gasteiger partial charge is 0.343 e. The smallest absolute Gasteiger partial charge is 0.0729 e. The lowest BCUT2D eigenvalue weighted by Crippen LogP contribution is -2.21. The molecule has 2 aliphatic rings. The van der Waals surface area contributed by atoms with Gasteiger partial charge in [-0.3, -0.25) is 0 Å². The molecular weight excluding hydrogens is 294 g/mol. The van der Waals surface area contributed by atoms with Gasteiger partial charge in [-0.25, -0.2) is 0 Å². The molecule has 0 bridgehead atoms. The van der Waals surface area contributed by atoms with Crippen LogP contribution in [0.1, 0.15) is 16.8 Å². The van der Waals surface area contributed by atoms with Crippen molar-refractivity contribution in [2.45, 2.75) is 19.4 Å². The van der Waals surface area contributed by atoms with E-state index in [2.05, 4.69) is 70.9 Å². The average molecular weight is 317 g/mol. The fourth-order valence-electron chi connectivity index (χ4n) is 4.50. The van der Waals surface area contributed by atoms with Crippen molar-refractivity contribution in [1.29, 1.82) is 0 Å². The van der Waals surface area contributed by atoms with E-state index in [-0.39, 0.29) is 0 Å². The molecule has 0 amide bonds. The summed E-state index contributed by atoms with van der Waals surface area (Å²) >= 11 is 0. The van der Waals surface area contributed by atoms with E-state index < -0.39 is 0 Å². The molecule has 1 aromatic heterocycles. The highest BCUT2D eigenvalue weighted by atomic mass is 15.2. The molecule has 0 aliphatic carbocycles. The number of hydrogen-bond donors (Lipinski definition) is 0. The zero-order chi connectivity index (χ0) is 16.3. The highest BCUT2D eigenvalue weighted by Crippen LogP contribution is 2.41. The Morgan fingerprint density at radius 3 is 2.54 bits per heavy atom. The molecule has 0 unspecified atom stereocenters. The minimum Gasteiger partial charge on any atom is -0.343 e. The Morgan fingerprint density at radius 2 is 1.62 bits per heavy atom. The number of fused-ring (bicyclic) bond motifs is 4. The van der Waals surface area contributed by atoms with Gasteiger partial charge in [0.05, 0.1) is 11.2 Å². The normalized spacial score (nSPS) is 17.3. The van der Waals surface area contributed by atoms with Crippen LogP contribution in [0.4, 0.5) is 11.4 Å². The van der Waals surface area contributed by atoms with Crippen LogP contribution in [0.15, 0.2) is 42.5 Å². The van der Waals surface area contributed by atoms with E-state index in [9.17, 15) is 0 Å². The summed E-state index contributed by atoms with van der Waals surface area (Å²) in [5, 5.41) is 1.46. The quantitative estimate of drug-likeness (QED) is 0.625. The highest BCUT2D eigenvalue weighted by molar-refractivity contribution is 5.98. The third-order valence-electron chi connectivity index (χ3n) is 5.80. The Bertz CT molecular complexity index is 938. The van der Waals surface area contributed by atoms with Crippen molar-refractivity contribution in [3.05, 3.63) is 59.3 Å². The van der Waals surface area contributed by atoms with Crippen LogP contribution in [-0.4, -0.2) is 36.7 Å². The zero-order valence-corrected chi connectivity index (χ0v) is 14.4. The van der Waals surface area contributed by atoms with Crippen molar-refractivity contribution in [2.75, 3.05) is 32.1 Å². The molecule has 0 saturated carbocycles. The first-order chi connectivity index (χ1) is 11.7. The summed E-state index contributed by atoms with van der Waals surface area (Å²) in [5.74, 6) is 0. The van der Waals surface area contributed by atoms with E-state index >= 15 is 0 Å². The molecule has 0 atom stereocenters. The summed E-state index contributed by atoms with van der Waals surface area (Å²) in [4.78, 5) is 4.83. The lowest BCUT2D eigenvalue weighted by atomic mass is 10.1. The zero-order valence-electron chi connectivity index (χ0n) is 14.4. The van der Waals surface area contributed by atoms with Crippen LogP contribution >= 0.6 is 0 Å². The van der Waals surface area contributed by atoms with E-state index in [0.29, 0.717) is 0 Å². The molecule has 0 spiro atoms. The average Bonchev–Trinajstić information content (AvgIpc) is 2.72. The number of rotatable bonds is 0. The van der Waals surface area contributed by atoms with E-state index in [4.69, 9.17) is 0 Å². The van der Waals surface area contributed by atoms with Gasteiger partial charge in [-0.05, 0) is 36.7 Å². The first kappa shape index (κ1) is 14.1. The van der Waals surface area contributed by atoms with Gasteiger partial charge in [0.1, 0.15) is 0 Å². The molecule has 2 aliphatic heterocycles. The summed E-state index contributed by atoms with van der Waals surface area (Å²) in [6.45, 7) is 3.28. The third kappa shape index (κ3) is 1.88. The number of anilines is 2. The summed E-state index contributed by atoms with van der Waals surface area (Å²) < 4.78 is 2.60. The van der Waals surface area contributed by atoms with Crippen LogP contribution in [-0.2, 0) is 19.4 Å². The van der Waals surface area contributed by atoms with E-state index in [1.807, 2.05) is 0 Å². The highest BCUT2D eigenvalue weighted by Gasteiger charge is 2.26. The predicted molar refractivity (Wildman–Crippen MR) is 100 cm³/mol. The molecular formula is C21H23N3. The lowest BCUT2D eigenvalue weighted by Gasteiger charge is -2.20. The maximum absolute atomic E-state index is 2.60. The molecule has 3 heteroatoms. The summed E-state index contributed by atoms with van der Waals surface area (Å²) in [6, 6.07) is 15.6. The molecule has 3 nitrogen and oxygen atoms in total. The first-order valence-electron chi connectivity index (χ1n) is 8.87. The van der Waals surface area contributed by atoms with E-state index in [1.54, 1.807) is 11.3 Å². The van der Waals surface area contributed by atoms with Crippen LogP contribution in [0, 0.1) is 0 Å². The van der Waals surface area contributed by atoms with Crippen molar-refractivity contribution in [3.63, 3.8) is 0 Å². The molecule has 5 rings (SSSR count). The number of para-hydroxylation sites is 2. The minimum atomic E-state index is 0.979. The van der Waals surface area contributed by atoms with Crippen molar-refractivity contribution >= 4 is 22.3 Å². The molecule has 3 heterocycles. The SMILES string of the molecule is CN1CCc2c(n3c4c(cccc24)N(C)c2ccccc2C3)CC1. The Kier molecular flexibility index (Phi) is 3.01. The lowest BCUT2D eigenvalue weighted by molar-refractivity contribution is 0.351. The number of nitrogens with zero attached hydrogens (tertiary/aromatic N) is 3. The number of hydrogen-bond acceptors (Lipinski definition) is 2. The van der Waals surface area contributed by atoms with Crippen molar-refractivity contribution in [1.82, 2.24) is 9.47 Å². The van der Waals surface area contributed by atoms with Gasteiger partial charge >= 0.3 is 0 Å². The number of benzene rings is 2.